The first kappa shape index (κ1) is 15.8. The zero-order valence-corrected chi connectivity index (χ0v) is 13.0. The van der Waals surface area contributed by atoms with Gasteiger partial charge < -0.3 is 4.90 Å². The van der Waals surface area contributed by atoms with Gasteiger partial charge in [-0.15, -0.1) is 23.2 Å². The molecular formula is C16H16Cl2N2O. The molecule has 21 heavy (non-hydrogen) atoms. The van der Waals surface area contributed by atoms with Crippen LogP contribution in [0.5, 0.6) is 0 Å². The highest BCUT2D eigenvalue weighted by Gasteiger charge is 2.05. The maximum absolute atomic E-state index is 11.0. The minimum absolute atomic E-state index is 0.0120. The minimum atomic E-state index is -0.0120. The van der Waals surface area contributed by atoms with Crippen molar-refractivity contribution in [3.05, 3.63) is 48.6 Å². The molecule has 0 fully saturated rings. The molecule has 0 heterocycles. The van der Waals surface area contributed by atoms with E-state index in [0.29, 0.717) is 11.8 Å². The SMILES string of the molecule is O=C1C=CC(=Nc2ccc(N(CCCl)CCCl)cc2)C=C1. The van der Waals surface area contributed by atoms with E-state index in [1.54, 1.807) is 12.2 Å². The van der Waals surface area contributed by atoms with Crippen molar-refractivity contribution in [3.63, 3.8) is 0 Å². The Morgan fingerprint density at radius 1 is 0.905 bits per heavy atom. The summed E-state index contributed by atoms with van der Waals surface area (Å²) in [6.07, 6.45) is 6.44. The van der Waals surface area contributed by atoms with Crippen LogP contribution in [0.2, 0.25) is 0 Å². The zero-order valence-electron chi connectivity index (χ0n) is 11.5. The molecule has 1 aliphatic carbocycles. The number of carbonyl (C=O) groups is 1. The van der Waals surface area contributed by atoms with Crippen LogP contribution in [0.15, 0.2) is 53.6 Å². The highest BCUT2D eigenvalue weighted by molar-refractivity contribution is 6.18. The molecule has 0 spiro atoms. The van der Waals surface area contributed by atoms with Crippen molar-refractivity contribution in [2.75, 3.05) is 29.7 Å². The topological polar surface area (TPSA) is 32.7 Å². The summed E-state index contributed by atoms with van der Waals surface area (Å²) in [4.78, 5) is 17.6. The van der Waals surface area contributed by atoms with Crippen LogP contribution in [0.25, 0.3) is 0 Å². The van der Waals surface area contributed by atoms with Crippen molar-refractivity contribution in [1.82, 2.24) is 0 Å². The molecule has 110 valence electrons. The Balaban J connectivity index is 2.11. The van der Waals surface area contributed by atoms with Gasteiger partial charge in [0, 0.05) is 30.5 Å². The Kier molecular flexibility index (Phi) is 6.03. The lowest BCUT2D eigenvalue weighted by molar-refractivity contribution is -0.110. The van der Waals surface area contributed by atoms with Gasteiger partial charge in [0.2, 0.25) is 0 Å². The number of hydrogen-bond donors (Lipinski definition) is 0. The van der Waals surface area contributed by atoms with Crippen LogP contribution >= 0.6 is 23.2 Å². The number of benzene rings is 1. The summed E-state index contributed by atoms with van der Waals surface area (Å²) in [6.45, 7) is 1.52. The number of carbonyl (C=O) groups excluding carboxylic acids is 1. The van der Waals surface area contributed by atoms with E-state index < -0.39 is 0 Å². The Morgan fingerprint density at radius 2 is 1.48 bits per heavy atom. The van der Waals surface area contributed by atoms with Gasteiger partial charge in [-0.2, -0.15) is 0 Å². The molecule has 0 bridgehead atoms. The van der Waals surface area contributed by atoms with Crippen molar-refractivity contribution < 1.29 is 4.79 Å². The summed E-state index contributed by atoms with van der Waals surface area (Å²) in [5, 5.41) is 0. The molecule has 0 radical (unpaired) electrons. The first-order chi connectivity index (χ1) is 10.2. The van der Waals surface area contributed by atoms with Crippen molar-refractivity contribution in [1.29, 1.82) is 0 Å². The average molecular weight is 323 g/mol. The van der Waals surface area contributed by atoms with Gasteiger partial charge in [-0.25, -0.2) is 4.99 Å². The molecule has 0 saturated carbocycles. The first-order valence-corrected chi connectivity index (χ1v) is 7.75. The fourth-order valence-corrected chi connectivity index (χ4v) is 2.39. The van der Waals surface area contributed by atoms with E-state index in [2.05, 4.69) is 9.89 Å². The summed E-state index contributed by atoms with van der Waals surface area (Å²) >= 11 is 11.6. The lowest BCUT2D eigenvalue weighted by Gasteiger charge is -2.22. The second-order valence-electron chi connectivity index (χ2n) is 4.49. The van der Waals surface area contributed by atoms with Gasteiger partial charge in [0.05, 0.1) is 11.4 Å². The fraction of sp³-hybridized carbons (Fsp3) is 0.250. The lowest BCUT2D eigenvalue weighted by Crippen LogP contribution is -2.27. The van der Waals surface area contributed by atoms with Crippen molar-refractivity contribution in [3.8, 4) is 0 Å². The van der Waals surface area contributed by atoms with Crippen molar-refractivity contribution >= 4 is 46.1 Å². The second-order valence-corrected chi connectivity index (χ2v) is 5.24. The van der Waals surface area contributed by atoms with Crippen LogP contribution < -0.4 is 4.90 Å². The van der Waals surface area contributed by atoms with Gasteiger partial charge in [-0.3, -0.25) is 4.79 Å². The highest BCUT2D eigenvalue weighted by atomic mass is 35.5. The van der Waals surface area contributed by atoms with E-state index in [9.17, 15) is 4.79 Å². The number of rotatable bonds is 6. The van der Waals surface area contributed by atoms with Gasteiger partial charge in [0.15, 0.2) is 5.78 Å². The van der Waals surface area contributed by atoms with Crippen LogP contribution in [0.4, 0.5) is 11.4 Å². The number of halogens is 2. The monoisotopic (exact) mass is 322 g/mol. The molecule has 2 rings (SSSR count). The van der Waals surface area contributed by atoms with Crippen LogP contribution in [0, 0.1) is 0 Å². The number of aliphatic imine (C=N–C) groups is 1. The molecule has 0 aliphatic heterocycles. The predicted octanol–water partition coefficient (Wildman–Crippen LogP) is 3.74. The molecule has 0 amide bonds. The van der Waals surface area contributed by atoms with Gasteiger partial charge >= 0.3 is 0 Å². The molecule has 5 heteroatoms. The van der Waals surface area contributed by atoms with Gasteiger partial charge in [-0.05, 0) is 48.6 Å². The molecule has 1 aromatic rings. The molecule has 0 unspecified atom stereocenters. The maximum atomic E-state index is 11.0. The lowest BCUT2D eigenvalue weighted by atomic mass is 10.1. The third-order valence-corrected chi connectivity index (χ3v) is 3.36. The van der Waals surface area contributed by atoms with Gasteiger partial charge in [0.1, 0.15) is 0 Å². The number of hydrogen-bond acceptors (Lipinski definition) is 3. The molecule has 1 aromatic carbocycles. The summed E-state index contributed by atoms with van der Waals surface area (Å²) in [5.41, 5.74) is 2.68. The smallest absolute Gasteiger partial charge is 0.178 e. The van der Waals surface area contributed by atoms with E-state index in [-0.39, 0.29) is 5.78 Å². The normalized spacial score (nSPS) is 13.6. The molecule has 0 N–H and O–H groups in total. The van der Waals surface area contributed by atoms with E-state index in [1.165, 1.54) is 12.2 Å². The number of ketones is 1. The summed E-state index contributed by atoms with van der Waals surface area (Å²) in [7, 11) is 0. The third-order valence-electron chi connectivity index (χ3n) is 3.02. The van der Waals surface area contributed by atoms with Crippen molar-refractivity contribution in [2.45, 2.75) is 0 Å². The highest BCUT2D eigenvalue weighted by Crippen LogP contribution is 2.20. The molecular weight excluding hydrogens is 307 g/mol. The average Bonchev–Trinajstić information content (AvgIpc) is 2.50. The quantitative estimate of drug-likeness (QED) is 0.590. The molecule has 0 atom stereocenters. The Labute approximate surface area is 134 Å². The number of nitrogens with zero attached hydrogens (tertiary/aromatic N) is 2. The van der Waals surface area contributed by atoms with Gasteiger partial charge in [0.25, 0.3) is 0 Å². The van der Waals surface area contributed by atoms with Crippen LogP contribution in [0.1, 0.15) is 0 Å². The van der Waals surface area contributed by atoms with Crippen LogP contribution in [-0.2, 0) is 4.79 Å². The predicted molar refractivity (Wildman–Crippen MR) is 90.5 cm³/mol. The van der Waals surface area contributed by atoms with E-state index in [4.69, 9.17) is 23.2 Å². The summed E-state index contributed by atoms with van der Waals surface area (Å²) in [6, 6.07) is 7.88. The van der Waals surface area contributed by atoms with Crippen LogP contribution in [-0.4, -0.2) is 36.3 Å². The third kappa shape index (κ3) is 4.73. The number of allylic oxidation sites excluding steroid dienone is 4. The maximum Gasteiger partial charge on any atom is 0.178 e. The Bertz CT molecular complexity index is 552. The zero-order chi connectivity index (χ0) is 15.1. The summed E-state index contributed by atoms with van der Waals surface area (Å²) in [5.74, 6) is 1.11. The first-order valence-electron chi connectivity index (χ1n) is 6.68. The molecule has 0 saturated heterocycles. The number of anilines is 1. The van der Waals surface area contributed by atoms with E-state index >= 15 is 0 Å². The largest absolute Gasteiger partial charge is 0.369 e. The van der Waals surface area contributed by atoms with Crippen molar-refractivity contribution in [2.24, 2.45) is 4.99 Å². The minimum Gasteiger partial charge on any atom is -0.369 e. The standard InChI is InChI=1S/C16H16Cl2N2O/c17-9-11-20(12-10-18)15-5-1-13(2-6-15)19-14-3-7-16(21)8-4-14/h1-8H,9-12H2. The van der Waals surface area contributed by atoms with E-state index in [1.807, 2.05) is 24.3 Å². The van der Waals surface area contributed by atoms with E-state index in [0.717, 1.165) is 30.2 Å². The fourth-order valence-electron chi connectivity index (χ4n) is 1.98. The Morgan fingerprint density at radius 3 is 2.00 bits per heavy atom. The molecule has 0 aromatic heterocycles. The number of alkyl halides is 2. The summed E-state index contributed by atoms with van der Waals surface area (Å²) < 4.78 is 0. The Hall–Kier alpha value is -1.58. The van der Waals surface area contributed by atoms with Crippen LogP contribution in [0.3, 0.4) is 0 Å². The second kappa shape index (κ2) is 8.01. The molecule has 1 aliphatic rings. The van der Waals surface area contributed by atoms with Gasteiger partial charge in [-0.1, -0.05) is 0 Å². The molecule has 3 nitrogen and oxygen atoms in total.